The number of carbonyl (C=O) groups is 1. The number of hydrogen-bond donors (Lipinski definition) is 0. The molecule has 0 bridgehead atoms. The summed E-state index contributed by atoms with van der Waals surface area (Å²) in [5, 5.41) is 0. The van der Waals surface area contributed by atoms with Gasteiger partial charge in [0.15, 0.2) is 0 Å². The van der Waals surface area contributed by atoms with Gasteiger partial charge in [-0.25, -0.2) is 8.42 Å². The van der Waals surface area contributed by atoms with E-state index in [2.05, 4.69) is 19.1 Å². The van der Waals surface area contributed by atoms with Gasteiger partial charge in [0.05, 0.1) is 17.1 Å². The molecule has 2 aromatic rings. The van der Waals surface area contributed by atoms with Crippen molar-refractivity contribution in [2.45, 2.75) is 50.8 Å². The summed E-state index contributed by atoms with van der Waals surface area (Å²) in [6, 6.07) is 14.4. The van der Waals surface area contributed by atoms with Crippen molar-refractivity contribution < 1.29 is 17.9 Å². The van der Waals surface area contributed by atoms with Crippen molar-refractivity contribution in [2.24, 2.45) is 0 Å². The number of rotatable bonds is 6. The molecular formula is C23H30N2O4S. The Kier molecular flexibility index (Phi) is 6.95. The van der Waals surface area contributed by atoms with Crippen LogP contribution in [-0.2, 0) is 27.7 Å². The zero-order valence-corrected chi connectivity index (χ0v) is 18.9. The van der Waals surface area contributed by atoms with Gasteiger partial charge in [0.25, 0.3) is 5.91 Å². The van der Waals surface area contributed by atoms with Crippen molar-refractivity contribution in [1.29, 1.82) is 0 Å². The molecule has 0 aromatic heterocycles. The molecular weight excluding hydrogens is 400 g/mol. The quantitative estimate of drug-likeness (QED) is 0.705. The number of morpholine rings is 1. The number of sulfonamides is 1. The molecule has 2 atom stereocenters. The first-order valence-corrected chi connectivity index (χ1v) is 11.7. The Morgan fingerprint density at radius 1 is 1.07 bits per heavy atom. The summed E-state index contributed by atoms with van der Waals surface area (Å²) in [7, 11) is -1.97. The molecule has 2 aromatic carbocycles. The first-order valence-electron chi connectivity index (χ1n) is 10.3. The maximum atomic E-state index is 13.1. The number of aryl methyl sites for hydroxylation is 1. The number of nitrogens with zero attached hydrogens (tertiary/aromatic N) is 2. The third kappa shape index (κ3) is 5.09. The van der Waals surface area contributed by atoms with Gasteiger partial charge in [0.2, 0.25) is 10.0 Å². The van der Waals surface area contributed by atoms with Crippen LogP contribution in [0.1, 0.15) is 42.3 Å². The minimum absolute atomic E-state index is 0.135. The van der Waals surface area contributed by atoms with Gasteiger partial charge in [0, 0.05) is 32.2 Å². The van der Waals surface area contributed by atoms with E-state index in [-0.39, 0.29) is 23.0 Å². The highest BCUT2D eigenvalue weighted by atomic mass is 32.2. The second kappa shape index (κ2) is 9.29. The molecule has 1 aliphatic rings. The van der Waals surface area contributed by atoms with E-state index in [1.807, 2.05) is 26.0 Å². The van der Waals surface area contributed by atoms with Gasteiger partial charge < -0.3 is 9.64 Å². The molecule has 1 amide bonds. The average molecular weight is 431 g/mol. The third-order valence-corrected chi connectivity index (χ3v) is 7.13. The zero-order valence-electron chi connectivity index (χ0n) is 18.0. The lowest BCUT2D eigenvalue weighted by Gasteiger charge is -2.34. The summed E-state index contributed by atoms with van der Waals surface area (Å²) in [4.78, 5) is 14.7. The highest BCUT2D eigenvalue weighted by molar-refractivity contribution is 7.89. The predicted molar refractivity (Wildman–Crippen MR) is 117 cm³/mol. The van der Waals surface area contributed by atoms with Gasteiger partial charge in [-0.2, -0.15) is 4.31 Å². The van der Waals surface area contributed by atoms with E-state index in [0.717, 1.165) is 12.0 Å². The summed E-state index contributed by atoms with van der Waals surface area (Å²) < 4.78 is 33.3. The SMILES string of the molecule is CCc1ccc(CN(C)C(=O)c2cccc(S(=O)(=O)N3CC(C)OC(C)C3)c2)cc1. The van der Waals surface area contributed by atoms with E-state index in [9.17, 15) is 13.2 Å². The molecule has 1 aliphatic heterocycles. The number of benzene rings is 2. The second-order valence-corrected chi connectivity index (χ2v) is 9.88. The zero-order chi connectivity index (χ0) is 21.9. The number of ether oxygens (including phenoxy) is 1. The summed E-state index contributed by atoms with van der Waals surface area (Å²) in [5.41, 5.74) is 2.64. The Morgan fingerprint density at radius 2 is 1.67 bits per heavy atom. The summed E-state index contributed by atoms with van der Waals surface area (Å²) >= 11 is 0. The van der Waals surface area contributed by atoms with Gasteiger partial charge in [-0.15, -0.1) is 0 Å². The third-order valence-electron chi connectivity index (χ3n) is 5.30. The van der Waals surface area contributed by atoms with E-state index in [0.29, 0.717) is 25.2 Å². The van der Waals surface area contributed by atoms with Gasteiger partial charge in [0.1, 0.15) is 0 Å². The van der Waals surface area contributed by atoms with Crippen molar-refractivity contribution in [3.8, 4) is 0 Å². The summed E-state index contributed by atoms with van der Waals surface area (Å²) in [6.45, 7) is 6.89. The minimum atomic E-state index is -3.69. The summed E-state index contributed by atoms with van der Waals surface area (Å²) in [5.74, 6) is -0.213. The molecule has 30 heavy (non-hydrogen) atoms. The minimum Gasteiger partial charge on any atom is -0.373 e. The topological polar surface area (TPSA) is 66.9 Å². The van der Waals surface area contributed by atoms with Crippen molar-refractivity contribution in [1.82, 2.24) is 9.21 Å². The lowest BCUT2D eigenvalue weighted by atomic mass is 10.1. The van der Waals surface area contributed by atoms with Crippen LogP contribution >= 0.6 is 0 Å². The van der Waals surface area contributed by atoms with Crippen LogP contribution < -0.4 is 0 Å². The normalized spacial score (nSPS) is 20.1. The Bertz CT molecular complexity index is 979. The first kappa shape index (κ1) is 22.5. The number of amides is 1. The molecule has 7 heteroatoms. The van der Waals surface area contributed by atoms with Gasteiger partial charge in [-0.1, -0.05) is 37.3 Å². The van der Waals surface area contributed by atoms with Gasteiger partial charge in [-0.3, -0.25) is 4.79 Å². The molecule has 1 fully saturated rings. The van der Waals surface area contributed by atoms with Crippen molar-refractivity contribution >= 4 is 15.9 Å². The molecule has 0 N–H and O–H groups in total. The second-order valence-electron chi connectivity index (χ2n) is 7.94. The molecule has 162 valence electrons. The largest absolute Gasteiger partial charge is 0.373 e. The lowest BCUT2D eigenvalue weighted by Crippen LogP contribution is -2.48. The number of hydrogen-bond acceptors (Lipinski definition) is 4. The fraction of sp³-hybridized carbons (Fsp3) is 0.435. The van der Waals surface area contributed by atoms with Crippen LogP contribution in [0, 0.1) is 0 Å². The van der Waals surface area contributed by atoms with Crippen LogP contribution in [0.25, 0.3) is 0 Å². The van der Waals surface area contributed by atoms with E-state index < -0.39 is 10.0 Å². The molecule has 0 radical (unpaired) electrons. The molecule has 1 saturated heterocycles. The van der Waals surface area contributed by atoms with Gasteiger partial charge in [-0.05, 0) is 49.6 Å². The van der Waals surface area contributed by atoms with Crippen LogP contribution in [0.15, 0.2) is 53.4 Å². The molecule has 1 heterocycles. The predicted octanol–water partition coefficient (Wildman–Crippen LogP) is 3.32. The van der Waals surface area contributed by atoms with Crippen LogP contribution in [0.3, 0.4) is 0 Å². The van der Waals surface area contributed by atoms with Crippen LogP contribution in [-0.4, -0.2) is 55.9 Å². The molecule has 0 aliphatic carbocycles. The van der Waals surface area contributed by atoms with Crippen LogP contribution in [0.2, 0.25) is 0 Å². The highest BCUT2D eigenvalue weighted by Gasteiger charge is 2.32. The van der Waals surface area contributed by atoms with Crippen LogP contribution in [0.4, 0.5) is 0 Å². The van der Waals surface area contributed by atoms with E-state index >= 15 is 0 Å². The highest BCUT2D eigenvalue weighted by Crippen LogP contribution is 2.22. The van der Waals surface area contributed by atoms with Crippen molar-refractivity contribution in [2.75, 3.05) is 20.1 Å². The monoisotopic (exact) mass is 430 g/mol. The van der Waals surface area contributed by atoms with E-state index in [1.54, 1.807) is 30.1 Å². The fourth-order valence-electron chi connectivity index (χ4n) is 3.71. The standard InChI is InChI=1S/C23H30N2O4S/c1-5-19-9-11-20(12-10-19)16-24(4)23(26)21-7-6-8-22(13-21)30(27,28)25-14-17(2)29-18(3)15-25/h6-13,17-18H,5,14-16H2,1-4H3. The molecule has 3 rings (SSSR count). The number of carbonyl (C=O) groups excluding carboxylic acids is 1. The Hall–Kier alpha value is -2.22. The first-order chi connectivity index (χ1) is 14.2. The maximum absolute atomic E-state index is 13.1. The Balaban J connectivity index is 1.77. The summed E-state index contributed by atoms with van der Waals surface area (Å²) in [6.07, 6.45) is 0.633. The van der Waals surface area contributed by atoms with E-state index in [1.165, 1.54) is 15.9 Å². The van der Waals surface area contributed by atoms with E-state index in [4.69, 9.17) is 4.74 Å². The molecule has 6 nitrogen and oxygen atoms in total. The Labute approximate surface area is 179 Å². The molecule has 0 spiro atoms. The van der Waals surface area contributed by atoms with Crippen molar-refractivity contribution in [3.63, 3.8) is 0 Å². The molecule has 2 unspecified atom stereocenters. The maximum Gasteiger partial charge on any atom is 0.253 e. The average Bonchev–Trinajstić information content (AvgIpc) is 2.73. The lowest BCUT2D eigenvalue weighted by molar-refractivity contribution is -0.0440. The smallest absolute Gasteiger partial charge is 0.253 e. The van der Waals surface area contributed by atoms with Crippen molar-refractivity contribution in [3.05, 3.63) is 65.2 Å². The molecule has 0 saturated carbocycles. The Morgan fingerprint density at radius 3 is 2.27 bits per heavy atom. The van der Waals surface area contributed by atoms with Crippen LogP contribution in [0.5, 0.6) is 0 Å². The fourth-order valence-corrected chi connectivity index (χ4v) is 5.35. The van der Waals surface area contributed by atoms with Gasteiger partial charge >= 0.3 is 0 Å².